The molecular formula is C12H25BrO3Si. The predicted octanol–water partition coefficient (Wildman–Crippen LogP) is 3.27. The molecule has 0 aromatic rings. The number of aliphatic hydroxyl groups excluding tert-OH is 1. The van der Waals surface area contributed by atoms with E-state index in [1.54, 1.807) is 0 Å². The Morgan fingerprint density at radius 2 is 2.00 bits per heavy atom. The van der Waals surface area contributed by atoms with Gasteiger partial charge in [0.2, 0.25) is 0 Å². The highest BCUT2D eigenvalue weighted by Crippen LogP contribution is 2.39. The van der Waals surface area contributed by atoms with E-state index in [4.69, 9.17) is 9.16 Å². The molecule has 102 valence electrons. The molecule has 0 amide bonds. The lowest BCUT2D eigenvalue weighted by atomic mass is 10.2. The minimum absolute atomic E-state index is 0.124. The molecule has 0 bridgehead atoms. The highest BCUT2D eigenvalue weighted by Gasteiger charge is 2.43. The van der Waals surface area contributed by atoms with Crippen LogP contribution in [-0.2, 0) is 9.16 Å². The largest absolute Gasteiger partial charge is 0.409 e. The molecule has 5 heteroatoms. The monoisotopic (exact) mass is 324 g/mol. The van der Waals surface area contributed by atoms with E-state index in [1.165, 1.54) is 0 Å². The summed E-state index contributed by atoms with van der Waals surface area (Å²) in [6.45, 7) is 11.0. The van der Waals surface area contributed by atoms with Crippen LogP contribution in [0.1, 0.15) is 33.6 Å². The molecule has 0 aliphatic carbocycles. The second kappa shape index (κ2) is 5.69. The molecule has 0 spiro atoms. The van der Waals surface area contributed by atoms with Gasteiger partial charge in [-0.2, -0.15) is 0 Å². The van der Waals surface area contributed by atoms with Gasteiger partial charge in [0.1, 0.15) is 0 Å². The van der Waals surface area contributed by atoms with Gasteiger partial charge in [-0.1, -0.05) is 36.7 Å². The number of hydrogen-bond donors (Lipinski definition) is 1. The third kappa shape index (κ3) is 4.03. The van der Waals surface area contributed by atoms with Crippen molar-refractivity contribution in [3.8, 4) is 0 Å². The zero-order valence-electron chi connectivity index (χ0n) is 11.5. The van der Waals surface area contributed by atoms with E-state index in [0.29, 0.717) is 0 Å². The number of ether oxygens (including phenoxy) is 1. The van der Waals surface area contributed by atoms with Gasteiger partial charge in [0.15, 0.2) is 14.6 Å². The Bertz CT molecular complexity index is 253. The molecular weight excluding hydrogens is 300 g/mol. The first-order valence-electron chi connectivity index (χ1n) is 6.24. The van der Waals surface area contributed by atoms with Gasteiger partial charge in [0.05, 0.1) is 12.2 Å². The number of hydrogen-bond acceptors (Lipinski definition) is 3. The van der Waals surface area contributed by atoms with Crippen LogP contribution >= 0.6 is 15.9 Å². The van der Waals surface area contributed by atoms with Crippen molar-refractivity contribution in [2.75, 3.05) is 5.33 Å². The van der Waals surface area contributed by atoms with E-state index >= 15 is 0 Å². The Balaban J connectivity index is 2.58. The van der Waals surface area contributed by atoms with Crippen LogP contribution in [0, 0.1) is 0 Å². The molecule has 1 aliphatic rings. The first-order valence-corrected chi connectivity index (χ1v) is 10.3. The Labute approximate surface area is 114 Å². The predicted molar refractivity (Wildman–Crippen MR) is 76.0 cm³/mol. The zero-order chi connectivity index (χ0) is 13.3. The molecule has 0 saturated carbocycles. The SMILES string of the molecule is CC(C)(C)[Si](C)(C)O[C@H]1C[C@H](CCBr)O[C@H]1O. The highest BCUT2D eigenvalue weighted by molar-refractivity contribution is 9.09. The minimum atomic E-state index is -1.82. The molecule has 1 saturated heterocycles. The third-order valence-electron chi connectivity index (χ3n) is 3.83. The average molecular weight is 325 g/mol. The summed E-state index contributed by atoms with van der Waals surface area (Å²) in [6.07, 6.45) is 0.945. The van der Waals surface area contributed by atoms with Crippen LogP contribution in [0.15, 0.2) is 0 Å². The maximum atomic E-state index is 9.87. The first-order chi connectivity index (χ1) is 7.67. The number of alkyl halides is 1. The van der Waals surface area contributed by atoms with Crippen LogP contribution in [0.3, 0.4) is 0 Å². The molecule has 1 N–H and O–H groups in total. The van der Waals surface area contributed by atoms with E-state index < -0.39 is 14.6 Å². The minimum Gasteiger partial charge on any atom is -0.409 e. The summed E-state index contributed by atoms with van der Waals surface area (Å²) in [6, 6.07) is 0. The average Bonchev–Trinajstić information content (AvgIpc) is 2.44. The number of aliphatic hydroxyl groups is 1. The Kier molecular flexibility index (Phi) is 5.24. The molecule has 0 aromatic carbocycles. The summed E-state index contributed by atoms with van der Waals surface area (Å²) in [7, 11) is -1.82. The molecule has 17 heavy (non-hydrogen) atoms. The molecule has 3 nitrogen and oxygen atoms in total. The fourth-order valence-corrected chi connectivity index (χ4v) is 3.52. The summed E-state index contributed by atoms with van der Waals surface area (Å²) < 4.78 is 11.7. The smallest absolute Gasteiger partial charge is 0.192 e. The van der Waals surface area contributed by atoms with Crippen molar-refractivity contribution in [3.05, 3.63) is 0 Å². The van der Waals surface area contributed by atoms with Crippen molar-refractivity contribution < 1.29 is 14.3 Å². The van der Waals surface area contributed by atoms with Gasteiger partial charge in [-0.3, -0.25) is 0 Å². The quantitative estimate of drug-likeness (QED) is 0.637. The van der Waals surface area contributed by atoms with Gasteiger partial charge >= 0.3 is 0 Å². The maximum absolute atomic E-state index is 9.87. The van der Waals surface area contributed by atoms with E-state index in [2.05, 4.69) is 49.8 Å². The van der Waals surface area contributed by atoms with E-state index in [9.17, 15) is 5.11 Å². The first kappa shape index (κ1) is 15.6. The lowest BCUT2D eigenvalue weighted by molar-refractivity contribution is -0.123. The maximum Gasteiger partial charge on any atom is 0.192 e. The van der Waals surface area contributed by atoms with E-state index in [-0.39, 0.29) is 17.2 Å². The molecule has 1 aliphatic heterocycles. The summed E-state index contributed by atoms with van der Waals surface area (Å²) in [5.74, 6) is 0. The molecule has 0 radical (unpaired) electrons. The number of halogens is 1. The molecule has 1 heterocycles. The highest BCUT2D eigenvalue weighted by atomic mass is 79.9. The van der Waals surface area contributed by atoms with Crippen molar-refractivity contribution in [1.82, 2.24) is 0 Å². The molecule has 3 atom stereocenters. The zero-order valence-corrected chi connectivity index (χ0v) is 14.1. The Morgan fingerprint density at radius 3 is 2.47 bits per heavy atom. The fraction of sp³-hybridized carbons (Fsp3) is 1.00. The second-order valence-corrected chi connectivity index (χ2v) is 11.8. The van der Waals surface area contributed by atoms with Gasteiger partial charge in [-0.25, -0.2) is 0 Å². The fourth-order valence-electron chi connectivity index (χ4n) is 1.69. The van der Waals surface area contributed by atoms with Crippen molar-refractivity contribution in [3.63, 3.8) is 0 Å². The van der Waals surface area contributed by atoms with Crippen molar-refractivity contribution in [2.45, 2.75) is 70.2 Å². The Morgan fingerprint density at radius 1 is 1.41 bits per heavy atom. The van der Waals surface area contributed by atoms with Crippen LogP contribution in [-0.4, -0.2) is 37.3 Å². The summed E-state index contributed by atoms with van der Waals surface area (Å²) in [5, 5.41) is 10.9. The summed E-state index contributed by atoms with van der Waals surface area (Å²) in [5.41, 5.74) is 0. The summed E-state index contributed by atoms with van der Waals surface area (Å²) >= 11 is 3.40. The van der Waals surface area contributed by atoms with E-state index in [1.807, 2.05) is 0 Å². The van der Waals surface area contributed by atoms with Gasteiger partial charge in [-0.15, -0.1) is 0 Å². The second-order valence-electron chi connectivity index (χ2n) is 6.28. The molecule has 0 aromatic heterocycles. The van der Waals surface area contributed by atoms with Crippen LogP contribution < -0.4 is 0 Å². The Hall–Kier alpha value is 0.577. The van der Waals surface area contributed by atoms with Crippen LogP contribution in [0.4, 0.5) is 0 Å². The van der Waals surface area contributed by atoms with Gasteiger partial charge in [0, 0.05) is 11.8 Å². The van der Waals surface area contributed by atoms with Gasteiger partial charge in [-0.05, 0) is 24.6 Å². The van der Waals surface area contributed by atoms with Crippen molar-refractivity contribution >= 4 is 24.2 Å². The lowest BCUT2D eigenvalue weighted by Gasteiger charge is -2.38. The normalized spacial score (nSPS) is 30.9. The lowest BCUT2D eigenvalue weighted by Crippen LogP contribution is -2.45. The van der Waals surface area contributed by atoms with Crippen LogP contribution in [0.25, 0.3) is 0 Å². The standard InChI is InChI=1S/C12H25BrO3Si/c1-12(2,3)17(4,5)16-10-8-9(6-7-13)15-11(10)14/h9-11,14H,6-8H2,1-5H3/t9-,10-,11+/m0/s1. The van der Waals surface area contributed by atoms with E-state index in [0.717, 1.165) is 18.2 Å². The molecule has 0 unspecified atom stereocenters. The molecule has 1 fully saturated rings. The number of rotatable bonds is 4. The third-order valence-corrected chi connectivity index (χ3v) is 8.79. The van der Waals surface area contributed by atoms with Crippen molar-refractivity contribution in [2.24, 2.45) is 0 Å². The van der Waals surface area contributed by atoms with Gasteiger partial charge < -0.3 is 14.3 Å². The van der Waals surface area contributed by atoms with Gasteiger partial charge in [0.25, 0.3) is 0 Å². The van der Waals surface area contributed by atoms with Crippen LogP contribution in [0.5, 0.6) is 0 Å². The summed E-state index contributed by atoms with van der Waals surface area (Å²) in [4.78, 5) is 0. The molecule has 1 rings (SSSR count). The topological polar surface area (TPSA) is 38.7 Å². The van der Waals surface area contributed by atoms with Crippen LogP contribution in [0.2, 0.25) is 18.1 Å². The van der Waals surface area contributed by atoms with Crippen molar-refractivity contribution in [1.29, 1.82) is 0 Å².